The maximum atomic E-state index is 12.2. The highest BCUT2D eigenvalue weighted by molar-refractivity contribution is 6.39. The molecule has 2 amide bonds. The number of rotatable bonds is 10. The summed E-state index contributed by atoms with van der Waals surface area (Å²) < 4.78 is 26.4. The maximum absolute atomic E-state index is 12.2. The molecule has 0 spiro atoms. The van der Waals surface area contributed by atoms with Crippen LogP contribution in [0.4, 0.5) is 5.69 Å². The van der Waals surface area contributed by atoms with E-state index in [1.807, 2.05) is 6.92 Å². The Labute approximate surface area is 207 Å². The number of carbonyl (C=O) groups excluding carboxylic acids is 3. The van der Waals surface area contributed by atoms with E-state index in [0.717, 1.165) is 0 Å². The van der Waals surface area contributed by atoms with Crippen LogP contribution in [0.2, 0.25) is 0 Å². The molecule has 188 valence electrons. The standard InChI is InChI=1S/C25H25N3O8/c1-4-34-19-8-6-5-7-18(19)27-23(29)24(30)28-26-14-16-9-11-20(22(13-16)32-2)35-15-17-10-12-21(36-17)25(31)33-3/h5-14H,4,15H2,1-3H3,(H,27,29)(H,28,30)/b26-14+. The zero-order valence-electron chi connectivity index (χ0n) is 19.9. The SMILES string of the molecule is CCOc1ccccc1NC(=O)C(=O)N/N=C/c1ccc(OCc2ccc(C(=O)OC)o2)c(OC)c1. The van der Waals surface area contributed by atoms with Crippen LogP contribution in [0.5, 0.6) is 17.2 Å². The summed E-state index contributed by atoms with van der Waals surface area (Å²) in [7, 11) is 2.73. The minimum atomic E-state index is -0.950. The van der Waals surface area contributed by atoms with Gasteiger partial charge in [-0.2, -0.15) is 5.10 Å². The first kappa shape index (κ1) is 25.8. The lowest BCUT2D eigenvalue weighted by Gasteiger charge is -2.10. The van der Waals surface area contributed by atoms with Crippen LogP contribution in [0.25, 0.3) is 0 Å². The van der Waals surface area contributed by atoms with Crippen LogP contribution in [-0.2, 0) is 20.9 Å². The van der Waals surface area contributed by atoms with Gasteiger partial charge >= 0.3 is 17.8 Å². The first-order valence-corrected chi connectivity index (χ1v) is 10.8. The number of benzene rings is 2. The van der Waals surface area contributed by atoms with Crippen molar-refractivity contribution in [2.75, 3.05) is 26.1 Å². The smallest absolute Gasteiger partial charge is 0.373 e. The summed E-state index contributed by atoms with van der Waals surface area (Å²) in [6.07, 6.45) is 1.35. The highest BCUT2D eigenvalue weighted by atomic mass is 16.5. The molecule has 0 unspecified atom stereocenters. The number of ether oxygens (including phenoxy) is 4. The quantitative estimate of drug-likeness (QED) is 0.189. The van der Waals surface area contributed by atoms with Crippen molar-refractivity contribution >= 4 is 29.7 Å². The molecule has 0 aliphatic rings. The molecule has 0 radical (unpaired) electrons. The first-order chi connectivity index (χ1) is 17.4. The van der Waals surface area contributed by atoms with E-state index in [0.29, 0.717) is 40.9 Å². The van der Waals surface area contributed by atoms with Gasteiger partial charge in [-0.15, -0.1) is 0 Å². The van der Waals surface area contributed by atoms with E-state index in [1.54, 1.807) is 48.5 Å². The minimum Gasteiger partial charge on any atom is -0.493 e. The summed E-state index contributed by atoms with van der Waals surface area (Å²) in [5.41, 5.74) is 3.12. The predicted octanol–water partition coefficient (Wildman–Crippen LogP) is 3.14. The third-order valence-electron chi connectivity index (χ3n) is 4.63. The maximum Gasteiger partial charge on any atom is 0.373 e. The number of carbonyl (C=O) groups is 3. The van der Waals surface area contributed by atoms with E-state index in [9.17, 15) is 14.4 Å². The van der Waals surface area contributed by atoms with Crippen LogP contribution in [0.1, 0.15) is 28.8 Å². The Kier molecular flexibility index (Phi) is 9.04. The molecule has 0 saturated carbocycles. The van der Waals surface area contributed by atoms with Crippen LogP contribution in [-0.4, -0.2) is 44.8 Å². The lowest BCUT2D eigenvalue weighted by atomic mass is 10.2. The molecule has 0 atom stereocenters. The Morgan fingerprint density at radius 1 is 0.944 bits per heavy atom. The molecule has 0 saturated heterocycles. The average Bonchev–Trinajstić information content (AvgIpc) is 3.37. The molecule has 1 heterocycles. The van der Waals surface area contributed by atoms with E-state index >= 15 is 0 Å². The van der Waals surface area contributed by atoms with Crippen LogP contribution in [0.15, 0.2) is 64.1 Å². The van der Waals surface area contributed by atoms with E-state index < -0.39 is 17.8 Å². The van der Waals surface area contributed by atoms with Gasteiger partial charge in [0.25, 0.3) is 0 Å². The summed E-state index contributed by atoms with van der Waals surface area (Å²) in [5, 5.41) is 6.31. The molecule has 0 bridgehead atoms. The molecule has 0 aliphatic carbocycles. The minimum absolute atomic E-state index is 0.0540. The topological polar surface area (TPSA) is 138 Å². The predicted molar refractivity (Wildman–Crippen MR) is 129 cm³/mol. The first-order valence-electron chi connectivity index (χ1n) is 10.8. The largest absolute Gasteiger partial charge is 0.493 e. The van der Waals surface area contributed by atoms with Crippen LogP contribution >= 0.6 is 0 Å². The fraction of sp³-hybridized carbons (Fsp3) is 0.200. The molecule has 2 aromatic carbocycles. The van der Waals surface area contributed by atoms with E-state index in [4.69, 9.17) is 18.6 Å². The monoisotopic (exact) mass is 495 g/mol. The van der Waals surface area contributed by atoms with E-state index in [-0.39, 0.29) is 12.4 Å². The van der Waals surface area contributed by atoms with Crippen molar-refractivity contribution < 1.29 is 37.7 Å². The number of anilines is 1. The molecule has 1 aromatic heterocycles. The van der Waals surface area contributed by atoms with Crippen molar-refractivity contribution in [2.45, 2.75) is 13.5 Å². The highest BCUT2D eigenvalue weighted by Crippen LogP contribution is 2.28. The van der Waals surface area contributed by atoms with Gasteiger partial charge in [0.1, 0.15) is 18.1 Å². The number of methoxy groups -OCH3 is 2. The molecular weight excluding hydrogens is 470 g/mol. The summed E-state index contributed by atoms with van der Waals surface area (Å²) >= 11 is 0. The molecule has 3 aromatic rings. The fourth-order valence-corrected chi connectivity index (χ4v) is 2.94. The normalized spacial score (nSPS) is 10.5. The molecular formula is C25H25N3O8. The molecule has 0 fully saturated rings. The third kappa shape index (κ3) is 6.86. The molecule has 11 nitrogen and oxygen atoms in total. The molecule has 11 heteroatoms. The number of esters is 1. The number of hydrazone groups is 1. The molecule has 3 rings (SSSR count). The second-order valence-electron chi connectivity index (χ2n) is 7.04. The van der Waals surface area contributed by atoms with E-state index in [1.165, 1.54) is 26.5 Å². The van der Waals surface area contributed by atoms with Crippen molar-refractivity contribution in [3.05, 3.63) is 71.7 Å². The van der Waals surface area contributed by atoms with Gasteiger partial charge in [0.05, 0.1) is 32.7 Å². The molecule has 0 aliphatic heterocycles. The van der Waals surface area contributed by atoms with Crippen molar-refractivity contribution in [1.82, 2.24) is 5.43 Å². The number of nitrogens with one attached hydrogen (secondary N) is 2. The van der Waals surface area contributed by atoms with Gasteiger partial charge in [0.15, 0.2) is 11.5 Å². The average molecular weight is 495 g/mol. The Morgan fingerprint density at radius 3 is 2.50 bits per heavy atom. The van der Waals surface area contributed by atoms with Gasteiger partial charge < -0.3 is 28.7 Å². The van der Waals surface area contributed by atoms with Gasteiger partial charge in [0.2, 0.25) is 5.76 Å². The van der Waals surface area contributed by atoms with Crippen LogP contribution in [0, 0.1) is 0 Å². The van der Waals surface area contributed by atoms with Gasteiger partial charge in [-0.1, -0.05) is 12.1 Å². The number of nitrogens with zero attached hydrogens (tertiary/aromatic N) is 1. The Morgan fingerprint density at radius 2 is 1.75 bits per heavy atom. The zero-order valence-corrected chi connectivity index (χ0v) is 19.9. The van der Waals surface area contributed by atoms with Crippen molar-refractivity contribution in [2.24, 2.45) is 5.10 Å². The van der Waals surface area contributed by atoms with Crippen molar-refractivity contribution in [1.29, 1.82) is 0 Å². The number of hydrogen-bond donors (Lipinski definition) is 2. The van der Waals surface area contributed by atoms with E-state index in [2.05, 4.69) is 20.6 Å². The lowest BCUT2D eigenvalue weighted by Crippen LogP contribution is -2.32. The third-order valence-corrected chi connectivity index (χ3v) is 4.63. The summed E-state index contributed by atoms with van der Waals surface area (Å²) in [5.74, 6) is -0.658. The Bertz CT molecular complexity index is 1250. The Hall–Kier alpha value is -4.80. The van der Waals surface area contributed by atoms with Gasteiger partial charge in [-0.05, 0) is 55.0 Å². The summed E-state index contributed by atoms with van der Waals surface area (Å²) in [6.45, 7) is 2.28. The van der Waals surface area contributed by atoms with Crippen LogP contribution < -0.4 is 25.0 Å². The highest BCUT2D eigenvalue weighted by Gasteiger charge is 2.15. The van der Waals surface area contributed by atoms with Gasteiger partial charge in [-0.25, -0.2) is 10.2 Å². The fourth-order valence-electron chi connectivity index (χ4n) is 2.94. The lowest BCUT2D eigenvalue weighted by molar-refractivity contribution is -0.136. The molecule has 36 heavy (non-hydrogen) atoms. The number of para-hydroxylation sites is 2. The van der Waals surface area contributed by atoms with Crippen LogP contribution in [0.3, 0.4) is 0 Å². The Balaban J connectivity index is 1.56. The van der Waals surface area contributed by atoms with Crippen molar-refractivity contribution in [3.8, 4) is 17.2 Å². The summed E-state index contributed by atoms with van der Waals surface area (Å²) in [6, 6.07) is 14.8. The van der Waals surface area contributed by atoms with Gasteiger partial charge in [0, 0.05) is 0 Å². The number of amides is 2. The second-order valence-corrected chi connectivity index (χ2v) is 7.04. The second kappa shape index (κ2) is 12.6. The van der Waals surface area contributed by atoms with Gasteiger partial charge in [-0.3, -0.25) is 9.59 Å². The summed E-state index contributed by atoms with van der Waals surface area (Å²) in [4.78, 5) is 35.8. The zero-order chi connectivity index (χ0) is 25.9. The number of hydrogen-bond acceptors (Lipinski definition) is 9. The number of furan rings is 1. The van der Waals surface area contributed by atoms with Crippen molar-refractivity contribution in [3.63, 3.8) is 0 Å². The molecule has 2 N–H and O–H groups in total.